The van der Waals surface area contributed by atoms with E-state index in [0.29, 0.717) is 12.1 Å². The maximum Gasteiger partial charge on any atom is 0.416 e. The van der Waals surface area contributed by atoms with Crippen LogP contribution in [0.2, 0.25) is 5.02 Å². The molecule has 0 radical (unpaired) electrons. The molecule has 0 unspecified atom stereocenters. The lowest BCUT2D eigenvalue weighted by atomic mass is 10.1. The molecular formula is C23H22ClF3N4OS. The number of carbonyl (C=O) groups is 1. The molecule has 0 saturated carbocycles. The Kier molecular flexibility index (Phi) is 7.21. The number of benzene rings is 2. The summed E-state index contributed by atoms with van der Waals surface area (Å²) in [6, 6.07) is 12.7. The first-order valence-electron chi connectivity index (χ1n) is 10.4. The Hall–Kier alpha value is -2.62. The number of piperazine rings is 1. The van der Waals surface area contributed by atoms with Crippen molar-refractivity contribution in [2.24, 2.45) is 0 Å². The maximum absolute atomic E-state index is 12.8. The summed E-state index contributed by atoms with van der Waals surface area (Å²) in [5.74, 6) is -0.402. The first kappa shape index (κ1) is 23.5. The molecule has 1 aromatic heterocycles. The highest BCUT2D eigenvalue weighted by atomic mass is 35.5. The molecule has 5 nitrogen and oxygen atoms in total. The standard InChI is InChI=1S/C23H22ClF3N4OS/c24-18-5-2-6-19(12-18)31-9-7-30(8-10-31)14-21-29-20(15-33-21)22(32)28-13-16-3-1-4-17(11-16)23(25,26)27/h1-6,11-12,15H,7-10,13-14H2,(H,28,32). The van der Waals surface area contributed by atoms with Gasteiger partial charge in [0.2, 0.25) is 0 Å². The monoisotopic (exact) mass is 494 g/mol. The molecule has 1 N–H and O–H groups in total. The van der Waals surface area contributed by atoms with Crippen molar-refractivity contribution in [2.45, 2.75) is 19.3 Å². The van der Waals surface area contributed by atoms with Crippen LogP contribution in [0.5, 0.6) is 0 Å². The topological polar surface area (TPSA) is 48.5 Å². The van der Waals surface area contributed by atoms with E-state index >= 15 is 0 Å². The van der Waals surface area contributed by atoms with Gasteiger partial charge in [-0.05, 0) is 35.9 Å². The van der Waals surface area contributed by atoms with E-state index in [1.54, 1.807) is 11.4 Å². The number of hydrogen-bond donors (Lipinski definition) is 1. The average Bonchev–Trinajstić information content (AvgIpc) is 3.26. The van der Waals surface area contributed by atoms with Crippen LogP contribution >= 0.6 is 22.9 Å². The number of amides is 1. The molecule has 10 heteroatoms. The zero-order chi connectivity index (χ0) is 23.4. The fourth-order valence-electron chi connectivity index (χ4n) is 3.65. The lowest BCUT2D eigenvalue weighted by Crippen LogP contribution is -2.45. The van der Waals surface area contributed by atoms with Crippen molar-refractivity contribution in [3.05, 3.63) is 80.8 Å². The first-order chi connectivity index (χ1) is 15.8. The summed E-state index contributed by atoms with van der Waals surface area (Å²) in [7, 11) is 0. The van der Waals surface area contributed by atoms with Crippen LogP contribution in [0.4, 0.5) is 18.9 Å². The quantitative estimate of drug-likeness (QED) is 0.520. The molecule has 0 spiro atoms. The lowest BCUT2D eigenvalue weighted by Gasteiger charge is -2.35. The van der Waals surface area contributed by atoms with Crippen molar-refractivity contribution in [3.8, 4) is 0 Å². The van der Waals surface area contributed by atoms with E-state index in [4.69, 9.17) is 11.6 Å². The minimum atomic E-state index is -4.41. The third-order valence-electron chi connectivity index (χ3n) is 5.40. The van der Waals surface area contributed by atoms with Gasteiger partial charge in [0.1, 0.15) is 10.7 Å². The van der Waals surface area contributed by atoms with Crippen molar-refractivity contribution in [3.63, 3.8) is 0 Å². The summed E-state index contributed by atoms with van der Waals surface area (Å²) in [5, 5.41) is 5.87. The number of nitrogens with zero attached hydrogens (tertiary/aromatic N) is 3. The number of carbonyl (C=O) groups excluding carboxylic acids is 1. The molecule has 2 aromatic carbocycles. The smallest absolute Gasteiger partial charge is 0.369 e. The molecule has 3 aromatic rings. The summed E-state index contributed by atoms with van der Waals surface area (Å²) < 4.78 is 38.5. The van der Waals surface area contributed by atoms with Crippen molar-refractivity contribution in [2.75, 3.05) is 31.1 Å². The predicted molar refractivity (Wildman–Crippen MR) is 124 cm³/mol. The first-order valence-corrected chi connectivity index (χ1v) is 11.7. The Bertz CT molecular complexity index is 1110. The lowest BCUT2D eigenvalue weighted by molar-refractivity contribution is -0.137. The molecule has 33 heavy (non-hydrogen) atoms. The van der Waals surface area contributed by atoms with Crippen molar-refractivity contribution < 1.29 is 18.0 Å². The average molecular weight is 495 g/mol. The van der Waals surface area contributed by atoms with Gasteiger partial charge in [0.15, 0.2) is 0 Å². The van der Waals surface area contributed by atoms with Gasteiger partial charge >= 0.3 is 6.18 Å². The number of alkyl halides is 3. The zero-order valence-electron chi connectivity index (χ0n) is 17.6. The van der Waals surface area contributed by atoms with Crippen LogP contribution in [0, 0.1) is 0 Å². The second-order valence-electron chi connectivity index (χ2n) is 7.75. The summed E-state index contributed by atoms with van der Waals surface area (Å²) in [6.45, 7) is 4.12. The van der Waals surface area contributed by atoms with E-state index in [2.05, 4.69) is 20.1 Å². The second-order valence-corrected chi connectivity index (χ2v) is 9.13. The minimum absolute atomic E-state index is 0.00107. The van der Waals surface area contributed by atoms with Gasteiger partial charge in [-0.2, -0.15) is 13.2 Å². The number of hydrogen-bond acceptors (Lipinski definition) is 5. The van der Waals surface area contributed by atoms with Crippen LogP contribution in [0.3, 0.4) is 0 Å². The number of anilines is 1. The molecular weight excluding hydrogens is 473 g/mol. The normalized spacial score (nSPS) is 15.0. The molecule has 174 valence electrons. The van der Waals surface area contributed by atoms with E-state index in [9.17, 15) is 18.0 Å². The Morgan fingerprint density at radius 1 is 1.09 bits per heavy atom. The van der Waals surface area contributed by atoms with Crippen LogP contribution in [0.1, 0.15) is 26.6 Å². The summed E-state index contributed by atoms with van der Waals surface area (Å²) >= 11 is 7.49. The van der Waals surface area contributed by atoms with E-state index in [1.807, 2.05) is 24.3 Å². The molecule has 0 atom stereocenters. The SMILES string of the molecule is O=C(NCc1cccc(C(F)(F)F)c1)c1csc(CN2CCN(c3cccc(Cl)c3)CC2)n1. The van der Waals surface area contributed by atoms with Crippen LogP contribution in [-0.2, 0) is 19.3 Å². The second kappa shape index (κ2) is 10.1. The fourth-order valence-corrected chi connectivity index (χ4v) is 4.65. The zero-order valence-corrected chi connectivity index (χ0v) is 19.2. The van der Waals surface area contributed by atoms with Gasteiger partial charge in [-0.15, -0.1) is 11.3 Å². The molecule has 1 amide bonds. The van der Waals surface area contributed by atoms with Crippen molar-refractivity contribution in [1.29, 1.82) is 0 Å². The van der Waals surface area contributed by atoms with E-state index in [0.717, 1.165) is 54.0 Å². The highest BCUT2D eigenvalue weighted by Gasteiger charge is 2.30. The maximum atomic E-state index is 12.8. The molecule has 2 heterocycles. The number of rotatable bonds is 6. The Labute approximate surface area is 198 Å². The van der Waals surface area contributed by atoms with E-state index in [1.165, 1.54) is 17.4 Å². The van der Waals surface area contributed by atoms with Crippen LogP contribution in [0.25, 0.3) is 0 Å². The Morgan fingerprint density at radius 3 is 2.58 bits per heavy atom. The molecule has 1 saturated heterocycles. The van der Waals surface area contributed by atoms with Gasteiger partial charge in [-0.1, -0.05) is 29.8 Å². The van der Waals surface area contributed by atoms with Gasteiger partial charge in [0.05, 0.1) is 12.1 Å². The minimum Gasteiger partial charge on any atom is -0.369 e. The van der Waals surface area contributed by atoms with Gasteiger partial charge in [0.25, 0.3) is 5.91 Å². The third-order valence-corrected chi connectivity index (χ3v) is 6.46. The van der Waals surface area contributed by atoms with E-state index in [-0.39, 0.29) is 12.2 Å². The number of halogens is 4. The number of nitrogens with one attached hydrogen (secondary N) is 1. The highest BCUT2D eigenvalue weighted by Crippen LogP contribution is 2.29. The van der Waals surface area contributed by atoms with Gasteiger partial charge < -0.3 is 10.2 Å². The molecule has 1 aliphatic heterocycles. The third kappa shape index (κ3) is 6.25. The van der Waals surface area contributed by atoms with Crippen LogP contribution < -0.4 is 10.2 Å². The van der Waals surface area contributed by atoms with Crippen LogP contribution in [0.15, 0.2) is 53.9 Å². The van der Waals surface area contributed by atoms with Gasteiger partial charge in [-0.3, -0.25) is 9.69 Å². The number of aromatic nitrogens is 1. The predicted octanol–water partition coefficient (Wildman–Crippen LogP) is 5.07. The van der Waals surface area contributed by atoms with Gasteiger partial charge in [0, 0.05) is 48.8 Å². The molecule has 4 rings (SSSR count). The van der Waals surface area contributed by atoms with E-state index < -0.39 is 17.6 Å². The van der Waals surface area contributed by atoms with Crippen LogP contribution in [-0.4, -0.2) is 42.0 Å². The highest BCUT2D eigenvalue weighted by molar-refractivity contribution is 7.09. The summed E-state index contributed by atoms with van der Waals surface area (Å²) in [6.07, 6.45) is -4.41. The largest absolute Gasteiger partial charge is 0.416 e. The molecule has 0 bridgehead atoms. The van der Waals surface area contributed by atoms with Gasteiger partial charge in [-0.25, -0.2) is 4.98 Å². The number of thiazole rings is 1. The Balaban J connectivity index is 1.27. The van der Waals surface area contributed by atoms with Crippen molar-refractivity contribution >= 4 is 34.5 Å². The summed E-state index contributed by atoms with van der Waals surface area (Å²) in [5.41, 5.74) is 1.03. The van der Waals surface area contributed by atoms with Crippen molar-refractivity contribution in [1.82, 2.24) is 15.2 Å². The summed E-state index contributed by atoms with van der Waals surface area (Å²) in [4.78, 5) is 21.4. The fraction of sp³-hybridized carbons (Fsp3) is 0.304. The Morgan fingerprint density at radius 2 is 1.85 bits per heavy atom. The molecule has 1 aliphatic rings. The molecule has 1 fully saturated rings. The molecule has 0 aliphatic carbocycles.